The first kappa shape index (κ1) is 19.8. The van der Waals surface area contributed by atoms with E-state index in [1.54, 1.807) is 0 Å². The Kier molecular flexibility index (Phi) is 4.14. The van der Waals surface area contributed by atoms with Crippen molar-refractivity contribution >= 4 is 65.1 Å². The second-order valence-corrected chi connectivity index (χ2v) is 10.7. The number of fused-ring (bicyclic) bond motifs is 10. The SMILES string of the molecule is [B]c1c2c(c([B])c3ccccc13)C1(c3ccccc3Sc3ccccc31)c1ccc(Br)cc1-2. The molecule has 0 amide bonds. The summed E-state index contributed by atoms with van der Waals surface area (Å²) in [7, 11) is 14.1. The molecule has 1 heterocycles. The van der Waals surface area contributed by atoms with Crippen molar-refractivity contribution in [1.82, 2.24) is 0 Å². The Hall–Kier alpha value is -2.68. The molecular weight excluding hydrogens is 482 g/mol. The summed E-state index contributed by atoms with van der Waals surface area (Å²) in [6.45, 7) is 0. The third-order valence-electron chi connectivity index (χ3n) is 7.13. The molecule has 0 bridgehead atoms. The van der Waals surface area contributed by atoms with E-state index in [1.165, 1.54) is 26.5 Å². The van der Waals surface area contributed by atoms with Crippen LogP contribution in [0, 0.1) is 0 Å². The Labute approximate surface area is 208 Å². The van der Waals surface area contributed by atoms with E-state index in [1.807, 2.05) is 23.9 Å². The molecule has 4 radical (unpaired) electrons. The Morgan fingerprint density at radius 3 is 1.88 bits per heavy atom. The number of hydrogen-bond acceptors (Lipinski definition) is 1. The fourth-order valence-corrected chi connectivity index (χ4v) is 7.45. The zero-order chi connectivity index (χ0) is 22.3. The van der Waals surface area contributed by atoms with Crippen molar-refractivity contribution in [1.29, 1.82) is 0 Å². The molecule has 33 heavy (non-hydrogen) atoms. The van der Waals surface area contributed by atoms with Gasteiger partial charge in [-0.25, -0.2) is 0 Å². The molecule has 0 fully saturated rings. The van der Waals surface area contributed by atoms with Gasteiger partial charge in [-0.05, 0) is 68.4 Å². The van der Waals surface area contributed by atoms with Crippen LogP contribution in [0.4, 0.5) is 0 Å². The van der Waals surface area contributed by atoms with Crippen LogP contribution in [-0.2, 0) is 5.41 Å². The molecule has 7 rings (SSSR count). The molecule has 1 aliphatic carbocycles. The molecule has 150 valence electrons. The fourth-order valence-electron chi connectivity index (χ4n) is 5.90. The van der Waals surface area contributed by atoms with Crippen LogP contribution in [0.2, 0.25) is 0 Å². The normalized spacial score (nSPS) is 14.6. The van der Waals surface area contributed by atoms with Crippen molar-refractivity contribution in [3.63, 3.8) is 0 Å². The van der Waals surface area contributed by atoms with E-state index in [-0.39, 0.29) is 0 Å². The van der Waals surface area contributed by atoms with Crippen LogP contribution in [0.5, 0.6) is 0 Å². The molecule has 0 aromatic heterocycles. The van der Waals surface area contributed by atoms with Crippen molar-refractivity contribution in [2.24, 2.45) is 0 Å². The van der Waals surface area contributed by atoms with E-state index >= 15 is 0 Å². The Morgan fingerprint density at radius 2 is 1.21 bits per heavy atom. The standard InChI is InChI=1S/C29H15B2BrS/c30-27-17-7-1-2-8-18(17)28(31)26-25(27)19-15-16(32)13-14-20(19)29(26)21-9-3-5-11-23(21)33-24-12-6-4-10-22(24)29/h1-15H. The van der Waals surface area contributed by atoms with Crippen molar-refractivity contribution in [3.8, 4) is 11.1 Å². The molecule has 0 unspecified atom stereocenters. The number of benzene rings is 5. The molecule has 2 aliphatic rings. The molecule has 5 aromatic rings. The Balaban J connectivity index is 1.79. The van der Waals surface area contributed by atoms with Gasteiger partial charge in [0.25, 0.3) is 0 Å². The monoisotopic (exact) mass is 496 g/mol. The van der Waals surface area contributed by atoms with Crippen LogP contribution >= 0.6 is 27.7 Å². The minimum Gasteiger partial charge on any atom is -0.0894 e. The van der Waals surface area contributed by atoms with Crippen LogP contribution < -0.4 is 10.9 Å². The van der Waals surface area contributed by atoms with Crippen LogP contribution in [-0.4, -0.2) is 15.7 Å². The molecule has 0 saturated carbocycles. The van der Waals surface area contributed by atoms with Gasteiger partial charge in [-0.3, -0.25) is 0 Å². The second-order valence-electron chi connectivity index (χ2n) is 8.66. The number of halogens is 1. The van der Waals surface area contributed by atoms with Crippen LogP contribution in [0.25, 0.3) is 21.9 Å². The molecule has 1 spiro atoms. The largest absolute Gasteiger partial charge is 0.115 e. The summed E-state index contributed by atoms with van der Waals surface area (Å²) in [5.41, 5.74) is 8.13. The average Bonchev–Trinajstić information content (AvgIpc) is 3.14. The predicted molar refractivity (Wildman–Crippen MR) is 144 cm³/mol. The molecule has 0 saturated heterocycles. The lowest BCUT2D eigenvalue weighted by Gasteiger charge is -2.40. The van der Waals surface area contributed by atoms with Gasteiger partial charge in [0.15, 0.2) is 0 Å². The Bertz CT molecular complexity index is 1590. The van der Waals surface area contributed by atoms with Crippen LogP contribution in [0.15, 0.2) is 105 Å². The summed E-state index contributed by atoms with van der Waals surface area (Å²) in [4.78, 5) is 2.51. The summed E-state index contributed by atoms with van der Waals surface area (Å²) in [6.07, 6.45) is 0. The molecule has 0 atom stereocenters. The highest BCUT2D eigenvalue weighted by molar-refractivity contribution is 9.10. The topological polar surface area (TPSA) is 0 Å². The van der Waals surface area contributed by atoms with Gasteiger partial charge < -0.3 is 0 Å². The summed E-state index contributed by atoms with van der Waals surface area (Å²) < 4.78 is 1.03. The zero-order valence-electron chi connectivity index (χ0n) is 17.6. The summed E-state index contributed by atoms with van der Waals surface area (Å²) in [5, 5.41) is 2.01. The number of hydrogen-bond donors (Lipinski definition) is 0. The van der Waals surface area contributed by atoms with Crippen molar-refractivity contribution in [2.75, 3.05) is 0 Å². The third kappa shape index (κ3) is 2.41. The molecule has 5 aromatic carbocycles. The quantitative estimate of drug-likeness (QED) is 0.231. The van der Waals surface area contributed by atoms with Crippen molar-refractivity contribution < 1.29 is 0 Å². The molecule has 0 nitrogen and oxygen atoms in total. The summed E-state index contributed by atoms with van der Waals surface area (Å²) in [6, 6.07) is 32.2. The van der Waals surface area contributed by atoms with Crippen LogP contribution in [0.3, 0.4) is 0 Å². The van der Waals surface area contributed by atoms with Gasteiger partial charge in [-0.15, -0.1) is 0 Å². The van der Waals surface area contributed by atoms with Gasteiger partial charge in [0.05, 0.1) is 5.41 Å². The minimum atomic E-state index is -0.522. The summed E-state index contributed by atoms with van der Waals surface area (Å²) in [5.74, 6) is 0. The maximum absolute atomic E-state index is 7.10. The third-order valence-corrected chi connectivity index (χ3v) is 8.77. The Morgan fingerprint density at radius 1 is 0.636 bits per heavy atom. The van der Waals surface area contributed by atoms with E-state index in [0.717, 1.165) is 42.9 Å². The maximum atomic E-state index is 7.10. The van der Waals surface area contributed by atoms with Gasteiger partial charge in [-0.2, -0.15) is 0 Å². The van der Waals surface area contributed by atoms with Crippen molar-refractivity contribution in [2.45, 2.75) is 15.2 Å². The van der Waals surface area contributed by atoms with E-state index in [0.29, 0.717) is 0 Å². The first-order valence-electron chi connectivity index (χ1n) is 10.9. The lowest BCUT2D eigenvalue weighted by atomic mass is 9.62. The smallest absolute Gasteiger partial charge is 0.0894 e. The average molecular weight is 497 g/mol. The van der Waals surface area contributed by atoms with Gasteiger partial charge in [-0.1, -0.05) is 105 Å². The lowest BCUT2D eigenvalue weighted by Crippen LogP contribution is -2.37. The van der Waals surface area contributed by atoms with E-state index < -0.39 is 5.41 Å². The molecular formula is C29H15B2BrS. The van der Waals surface area contributed by atoms with Gasteiger partial charge >= 0.3 is 0 Å². The maximum Gasteiger partial charge on any atom is 0.115 e. The van der Waals surface area contributed by atoms with E-state index in [4.69, 9.17) is 15.7 Å². The van der Waals surface area contributed by atoms with E-state index in [2.05, 4.69) is 94.8 Å². The lowest BCUT2D eigenvalue weighted by molar-refractivity contribution is 0.727. The minimum absolute atomic E-state index is 0.522. The first-order chi connectivity index (χ1) is 16.1. The van der Waals surface area contributed by atoms with Gasteiger partial charge in [0, 0.05) is 14.3 Å². The molecule has 0 N–H and O–H groups in total. The highest BCUT2D eigenvalue weighted by atomic mass is 79.9. The highest BCUT2D eigenvalue weighted by Crippen LogP contribution is 2.61. The second kappa shape index (κ2) is 6.91. The predicted octanol–water partition coefficient (Wildman–Crippen LogP) is 6.02. The van der Waals surface area contributed by atoms with E-state index in [9.17, 15) is 0 Å². The van der Waals surface area contributed by atoms with Gasteiger partial charge in [0.2, 0.25) is 0 Å². The highest BCUT2D eigenvalue weighted by Gasteiger charge is 2.51. The fraction of sp³-hybridized carbons (Fsp3) is 0.0345. The summed E-state index contributed by atoms with van der Waals surface area (Å²) >= 11 is 5.54. The van der Waals surface area contributed by atoms with Crippen LogP contribution in [0.1, 0.15) is 22.3 Å². The number of rotatable bonds is 0. The van der Waals surface area contributed by atoms with Gasteiger partial charge in [0.1, 0.15) is 15.7 Å². The first-order valence-corrected chi connectivity index (χ1v) is 12.5. The molecule has 1 aliphatic heterocycles. The molecule has 4 heteroatoms. The van der Waals surface area contributed by atoms with Crippen molar-refractivity contribution in [3.05, 3.63) is 118 Å². The zero-order valence-corrected chi connectivity index (χ0v) is 20.0.